The number of thiazole rings is 1. The predicted octanol–water partition coefficient (Wildman–Crippen LogP) is 4.94. The van der Waals surface area contributed by atoms with Gasteiger partial charge in [0.2, 0.25) is 5.91 Å². The maximum atomic E-state index is 12.6. The molecule has 0 aliphatic carbocycles. The zero-order valence-electron chi connectivity index (χ0n) is 17.9. The number of anilines is 1. The van der Waals surface area contributed by atoms with E-state index < -0.39 is 5.91 Å². The average Bonchev–Trinajstić information content (AvgIpc) is 3.57. The zero-order valence-corrected chi connectivity index (χ0v) is 19.5. The third kappa shape index (κ3) is 5.79. The fourth-order valence-electron chi connectivity index (χ4n) is 2.89. The molecule has 3 heterocycles. The third-order valence-corrected chi connectivity index (χ3v) is 6.34. The van der Waals surface area contributed by atoms with Crippen LogP contribution in [0.2, 0.25) is 0 Å². The van der Waals surface area contributed by atoms with Crippen molar-refractivity contribution in [2.75, 3.05) is 12.4 Å². The first-order chi connectivity index (χ1) is 16.0. The summed E-state index contributed by atoms with van der Waals surface area (Å²) in [6, 6.07) is 14.5. The Kier molecular flexibility index (Phi) is 7.06. The van der Waals surface area contributed by atoms with Crippen molar-refractivity contribution in [3.63, 3.8) is 0 Å². The lowest BCUT2D eigenvalue weighted by Crippen LogP contribution is -2.17. The minimum absolute atomic E-state index is 0.0731. The van der Waals surface area contributed by atoms with E-state index in [1.54, 1.807) is 42.7 Å². The SMILES string of the molecule is COc1ccccc1OCc1ccc(C(=O)Nc2nc(-c3ccc(CNC(C)=O)s3)cs2)o1. The van der Waals surface area contributed by atoms with E-state index in [4.69, 9.17) is 13.9 Å². The summed E-state index contributed by atoms with van der Waals surface area (Å²) in [5, 5.41) is 7.88. The molecular weight excluding hydrogens is 462 g/mol. The molecule has 33 heavy (non-hydrogen) atoms. The lowest BCUT2D eigenvalue weighted by molar-refractivity contribution is -0.119. The predicted molar refractivity (Wildman–Crippen MR) is 127 cm³/mol. The number of nitrogens with zero attached hydrogens (tertiary/aromatic N) is 1. The number of ether oxygens (including phenoxy) is 2. The van der Waals surface area contributed by atoms with Gasteiger partial charge in [-0.3, -0.25) is 14.9 Å². The fraction of sp³-hybridized carbons (Fsp3) is 0.174. The highest BCUT2D eigenvalue weighted by atomic mass is 32.1. The van der Waals surface area contributed by atoms with Crippen molar-refractivity contribution in [2.24, 2.45) is 0 Å². The maximum Gasteiger partial charge on any atom is 0.293 e. The van der Waals surface area contributed by atoms with Crippen molar-refractivity contribution in [1.29, 1.82) is 0 Å². The normalized spacial score (nSPS) is 10.6. The Morgan fingerprint density at radius 1 is 1.09 bits per heavy atom. The molecule has 0 saturated heterocycles. The second-order valence-corrected chi connectivity index (χ2v) is 8.90. The number of rotatable bonds is 9. The van der Waals surface area contributed by atoms with Crippen molar-refractivity contribution in [3.8, 4) is 22.1 Å². The van der Waals surface area contributed by atoms with Gasteiger partial charge in [-0.1, -0.05) is 12.1 Å². The smallest absolute Gasteiger partial charge is 0.293 e. The number of para-hydroxylation sites is 2. The molecule has 0 saturated carbocycles. The van der Waals surface area contributed by atoms with E-state index in [2.05, 4.69) is 15.6 Å². The quantitative estimate of drug-likeness (QED) is 0.350. The van der Waals surface area contributed by atoms with Crippen molar-refractivity contribution in [3.05, 3.63) is 70.3 Å². The molecule has 0 unspecified atom stereocenters. The summed E-state index contributed by atoms with van der Waals surface area (Å²) in [5.41, 5.74) is 0.764. The number of carbonyl (C=O) groups is 2. The number of nitrogens with one attached hydrogen (secondary N) is 2. The molecule has 0 aliphatic heterocycles. The molecule has 0 bridgehead atoms. The molecule has 4 rings (SSSR count). The van der Waals surface area contributed by atoms with Crippen molar-refractivity contribution in [1.82, 2.24) is 10.3 Å². The second-order valence-electron chi connectivity index (χ2n) is 6.87. The van der Waals surface area contributed by atoms with Crippen LogP contribution in [-0.4, -0.2) is 23.9 Å². The van der Waals surface area contributed by atoms with Crippen LogP contribution in [0.15, 0.2) is 58.3 Å². The Bertz CT molecular complexity index is 1260. The Hall–Kier alpha value is -3.63. The van der Waals surface area contributed by atoms with Crippen LogP contribution in [0.4, 0.5) is 5.13 Å². The Morgan fingerprint density at radius 3 is 2.70 bits per heavy atom. The van der Waals surface area contributed by atoms with Gasteiger partial charge in [0.15, 0.2) is 22.4 Å². The Morgan fingerprint density at radius 2 is 1.91 bits per heavy atom. The van der Waals surface area contributed by atoms with E-state index in [0.717, 1.165) is 15.4 Å². The Balaban J connectivity index is 1.34. The summed E-state index contributed by atoms with van der Waals surface area (Å²) in [6.07, 6.45) is 0. The standard InChI is InChI=1S/C23H21N3O5S2/c1-14(27)24-11-16-8-10-21(33-16)17-13-32-23(25-17)26-22(28)20-9-7-15(31-20)12-30-19-6-4-3-5-18(19)29-2/h3-10,13H,11-12H2,1-2H3,(H,24,27)(H,25,26,28). The highest BCUT2D eigenvalue weighted by Crippen LogP contribution is 2.31. The summed E-state index contributed by atoms with van der Waals surface area (Å²) < 4.78 is 16.6. The van der Waals surface area contributed by atoms with Gasteiger partial charge < -0.3 is 19.2 Å². The number of amides is 2. The van der Waals surface area contributed by atoms with Crippen LogP contribution in [0.3, 0.4) is 0 Å². The first kappa shape index (κ1) is 22.6. The summed E-state index contributed by atoms with van der Waals surface area (Å²) in [6.45, 7) is 2.13. The summed E-state index contributed by atoms with van der Waals surface area (Å²) in [4.78, 5) is 30.1. The monoisotopic (exact) mass is 483 g/mol. The number of furan rings is 1. The van der Waals surface area contributed by atoms with Crippen molar-refractivity contribution >= 4 is 39.6 Å². The van der Waals surface area contributed by atoms with Crippen molar-refractivity contribution in [2.45, 2.75) is 20.1 Å². The van der Waals surface area contributed by atoms with Crippen LogP contribution < -0.4 is 20.1 Å². The molecule has 4 aromatic rings. The van der Waals surface area contributed by atoms with Gasteiger partial charge in [-0.05, 0) is 36.4 Å². The summed E-state index contributed by atoms with van der Waals surface area (Å²) in [7, 11) is 1.57. The van der Waals surface area contributed by atoms with Gasteiger partial charge in [0.25, 0.3) is 5.91 Å². The third-order valence-electron chi connectivity index (χ3n) is 4.47. The molecule has 1 aromatic carbocycles. The molecule has 0 radical (unpaired) electrons. The number of thiophene rings is 1. The van der Waals surface area contributed by atoms with Gasteiger partial charge in [0.1, 0.15) is 12.4 Å². The lowest BCUT2D eigenvalue weighted by Gasteiger charge is -2.08. The molecule has 3 aromatic heterocycles. The van der Waals surface area contributed by atoms with E-state index in [1.807, 2.05) is 29.6 Å². The first-order valence-corrected chi connectivity index (χ1v) is 11.7. The van der Waals surface area contributed by atoms with Gasteiger partial charge in [0.05, 0.1) is 24.2 Å². The molecule has 0 atom stereocenters. The second kappa shape index (κ2) is 10.3. The van der Waals surface area contributed by atoms with E-state index in [1.165, 1.54) is 18.3 Å². The van der Waals surface area contributed by atoms with Gasteiger partial charge >= 0.3 is 0 Å². The van der Waals surface area contributed by atoms with Crippen LogP contribution in [0, 0.1) is 0 Å². The van der Waals surface area contributed by atoms with Crippen LogP contribution in [0.1, 0.15) is 28.1 Å². The molecule has 2 N–H and O–H groups in total. The van der Waals surface area contributed by atoms with Gasteiger partial charge in [-0.15, -0.1) is 22.7 Å². The summed E-state index contributed by atoms with van der Waals surface area (Å²) in [5.74, 6) is 1.42. The number of benzene rings is 1. The van der Waals surface area contributed by atoms with E-state index in [9.17, 15) is 9.59 Å². The van der Waals surface area contributed by atoms with Crippen LogP contribution in [0.5, 0.6) is 11.5 Å². The number of hydrogen-bond donors (Lipinski definition) is 2. The zero-order chi connectivity index (χ0) is 23.2. The molecule has 10 heteroatoms. The van der Waals surface area contributed by atoms with Gasteiger partial charge in [-0.2, -0.15) is 0 Å². The number of aromatic nitrogens is 1. The molecule has 0 aliphatic rings. The number of methoxy groups -OCH3 is 1. The molecule has 170 valence electrons. The molecule has 0 fully saturated rings. The Labute approximate surface area is 198 Å². The lowest BCUT2D eigenvalue weighted by atomic mass is 10.3. The van der Waals surface area contributed by atoms with E-state index >= 15 is 0 Å². The number of hydrogen-bond acceptors (Lipinski definition) is 8. The molecular formula is C23H21N3O5S2. The summed E-state index contributed by atoms with van der Waals surface area (Å²) >= 11 is 2.87. The van der Waals surface area contributed by atoms with Crippen LogP contribution in [0.25, 0.3) is 10.6 Å². The fourth-order valence-corrected chi connectivity index (χ4v) is 4.58. The molecule has 0 spiro atoms. The molecule has 8 nitrogen and oxygen atoms in total. The minimum atomic E-state index is -0.392. The highest BCUT2D eigenvalue weighted by Gasteiger charge is 2.15. The van der Waals surface area contributed by atoms with Gasteiger partial charge in [0, 0.05) is 17.2 Å². The largest absolute Gasteiger partial charge is 0.493 e. The van der Waals surface area contributed by atoms with E-state index in [0.29, 0.717) is 28.9 Å². The van der Waals surface area contributed by atoms with Crippen LogP contribution in [-0.2, 0) is 17.9 Å². The topological polar surface area (TPSA) is 103 Å². The molecule has 2 amide bonds. The first-order valence-electron chi connectivity index (χ1n) is 9.97. The highest BCUT2D eigenvalue weighted by molar-refractivity contribution is 7.17. The van der Waals surface area contributed by atoms with Crippen LogP contribution >= 0.6 is 22.7 Å². The minimum Gasteiger partial charge on any atom is -0.493 e. The average molecular weight is 484 g/mol. The maximum absolute atomic E-state index is 12.6. The van der Waals surface area contributed by atoms with Crippen molar-refractivity contribution < 1.29 is 23.5 Å². The van der Waals surface area contributed by atoms with Gasteiger partial charge in [-0.25, -0.2) is 4.98 Å². The van der Waals surface area contributed by atoms with E-state index in [-0.39, 0.29) is 18.3 Å². The number of carbonyl (C=O) groups excluding carboxylic acids is 2.